The maximum Gasteiger partial charge on any atom is 0.416 e. The first-order chi connectivity index (χ1) is 14.2. The van der Waals surface area contributed by atoms with E-state index in [-0.39, 0.29) is 17.2 Å². The number of imidazole rings is 2. The van der Waals surface area contributed by atoms with Gasteiger partial charge in [0.25, 0.3) is 11.8 Å². The topological polar surface area (TPSA) is 131 Å². The SMILES string of the molecule is NC(=O)c1[nH]cnc1NC(=O)c1cn2c(-c3ccc(C(F)(F)F)cc3)cnc2cn1. The zero-order chi connectivity index (χ0) is 21.5. The Kier molecular flexibility index (Phi) is 4.45. The van der Waals surface area contributed by atoms with Gasteiger partial charge in [0.1, 0.15) is 11.4 Å². The number of aromatic amines is 1. The Morgan fingerprint density at radius 3 is 2.47 bits per heavy atom. The van der Waals surface area contributed by atoms with Crippen molar-refractivity contribution < 1.29 is 22.8 Å². The summed E-state index contributed by atoms with van der Waals surface area (Å²) in [4.78, 5) is 38.3. The Balaban J connectivity index is 1.67. The third-order valence-electron chi connectivity index (χ3n) is 4.25. The van der Waals surface area contributed by atoms with Crippen molar-refractivity contribution in [2.45, 2.75) is 6.18 Å². The van der Waals surface area contributed by atoms with Gasteiger partial charge in [0, 0.05) is 11.8 Å². The lowest BCUT2D eigenvalue weighted by Crippen LogP contribution is -2.19. The average molecular weight is 415 g/mol. The van der Waals surface area contributed by atoms with Crippen LogP contribution in [0.15, 0.2) is 49.2 Å². The van der Waals surface area contributed by atoms with Crippen molar-refractivity contribution in [3.8, 4) is 11.3 Å². The first-order valence-electron chi connectivity index (χ1n) is 8.39. The predicted molar refractivity (Wildman–Crippen MR) is 98.5 cm³/mol. The summed E-state index contributed by atoms with van der Waals surface area (Å²) in [7, 11) is 0. The molecule has 4 rings (SSSR count). The van der Waals surface area contributed by atoms with E-state index in [1.807, 2.05) is 0 Å². The molecule has 3 aromatic heterocycles. The molecule has 3 heterocycles. The zero-order valence-corrected chi connectivity index (χ0v) is 14.9. The van der Waals surface area contributed by atoms with Gasteiger partial charge in [-0.05, 0) is 12.1 Å². The van der Waals surface area contributed by atoms with Crippen molar-refractivity contribution in [3.63, 3.8) is 0 Å². The van der Waals surface area contributed by atoms with Crippen molar-refractivity contribution in [3.05, 3.63) is 66.1 Å². The second kappa shape index (κ2) is 6.99. The van der Waals surface area contributed by atoms with E-state index < -0.39 is 23.6 Å². The molecule has 12 heteroatoms. The number of aromatic nitrogens is 5. The molecule has 30 heavy (non-hydrogen) atoms. The highest BCUT2D eigenvalue weighted by atomic mass is 19.4. The number of anilines is 1. The van der Waals surface area contributed by atoms with E-state index in [2.05, 4.69) is 25.3 Å². The van der Waals surface area contributed by atoms with E-state index in [4.69, 9.17) is 5.73 Å². The number of nitrogens with zero attached hydrogens (tertiary/aromatic N) is 4. The van der Waals surface area contributed by atoms with Crippen molar-refractivity contribution in [1.82, 2.24) is 24.3 Å². The molecule has 0 aliphatic carbocycles. The fourth-order valence-corrected chi connectivity index (χ4v) is 2.80. The zero-order valence-electron chi connectivity index (χ0n) is 14.9. The second-order valence-electron chi connectivity index (χ2n) is 6.16. The molecule has 0 atom stereocenters. The highest BCUT2D eigenvalue weighted by Gasteiger charge is 2.30. The van der Waals surface area contributed by atoms with Crippen molar-refractivity contribution in [1.29, 1.82) is 0 Å². The van der Waals surface area contributed by atoms with E-state index >= 15 is 0 Å². The number of nitrogens with one attached hydrogen (secondary N) is 2. The highest BCUT2D eigenvalue weighted by Crippen LogP contribution is 2.31. The summed E-state index contributed by atoms with van der Waals surface area (Å²) in [5.74, 6) is -1.52. The molecule has 0 radical (unpaired) electrons. The first-order valence-corrected chi connectivity index (χ1v) is 8.39. The van der Waals surface area contributed by atoms with Crippen LogP contribution in [0.5, 0.6) is 0 Å². The number of H-pyrrole nitrogens is 1. The van der Waals surface area contributed by atoms with Crippen LogP contribution in [0.3, 0.4) is 0 Å². The van der Waals surface area contributed by atoms with E-state index in [1.165, 1.54) is 41.5 Å². The predicted octanol–water partition coefficient (Wildman–Crippen LogP) is 2.49. The molecule has 0 unspecified atom stereocenters. The molecule has 4 N–H and O–H groups in total. The number of nitrogens with two attached hydrogens (primary N) is 1. The average Bonchev–Trinajstić information content (AvgIpc) is 3.33. The normalized spacial score (nSPS) is 11.6. The molecular formula is C18H12F3N7O2. The van der Waals surface area contributed by atoms with Crippen molar-refractivity contribution in [2.24, 2.45) is 5.73 Å². The summed E-state index contributed by atoms with van der Waals surface area (Å²) in [6.45, 7) is 0. The lowest BCUT2D eigenvalue weighted by atomic mass is 10.1. The molecule has 1 aromatic carbocycles. The van der Waals surface area contributed by atoms with Crippen LogP contribution in [0.25, 0.3) is 16.9 Å². The van der Waals surface area contributed by atoms with E-state index in [1.54, 1.807) is 0 Å². The Morgan fingerprint density at radius 2 is 1.80 bits per heavy atom. The second-order valence-corrected chi connectivity index (χ2v) is 6.16. The highest BCUT2D eigenvalue weighted by molar-refractivity contribution is 6.06. The quantitative estimate of drug-likeness (QED) is 0.471. The minimum Gasteiger partial charge on any atom is -0.364 e. The van der Waals surface area contributed by atoms with Crippen LogP contribution in [0.4, 0.5) is 19.0 Å². The van der Waals surface area contributed by atoms with Crippen LogP contribution < -0.4 is 11.1 Å². The van der Waals surface area contributed by atoms with Crippen LogP contribution in [-0.4, -0.2) is 36.2 Å². The number of fused-ring (bicyclic) bond motifs is 1. The van der Waals surface area contributed by atoms with Crippen LogP contribution in [0.1, 0.15) is 26.5 Å². The molecule has 0 aliphatic rings. The third-order valence-corrected chi connectivity index (χ3v) is 4.25. The van der Waals surface area contributed by atoms with Crippen LogP contribution in [0.2, 0.25) is 0 Å². The molecule has 0 saturated carbocycles. The number of alkyl halides is 3. The summed E-state index contributed by atoms with van der Waals surface area (Å²) >= 11 is 0. The largest absolute Gasteiger partial charge is 0.416 e. The van der Waals surface area contributed by atoms with E-state index in [9.17, 15) is 22.8 Å². The third kappa shape index (κ3) is 3.45. The summed E-state index contributed by atoms with van der Waals surface area (Å²) in [6, 6.07) is 4.56. The van der Waals surface area contributed by atoms with Gasteiger partial charge in [-0.1, -0.05) is 12.1 Å². The van der Waals surface area contributed by atoms with Crippen molar-refractivity contribution >= 4 is 23.3 Å². The van der Waals surface area contributed by atoms with Gasteiger partial charge in [-0.3, -0.25) is 14.0 Å². The Labute approximate surface area is 165 Å². The van der Waals surface area contributed by atoms with Gasteiger partial charge >= 0.3 is 6.18 Å². The fourth-order valence-electron chi connectivity index (χ4n) is 2.80. The molecule has 0 spiro atoms. The smallest absolute Gasteiger partial charge is 0.364 e. The van der Waals surface area contributed by atoms with Crippen LogP contribution in [0, 0.1) is 0 Å². The Bertz CT molecular complexity index is 1260. The minimum atomic E-state index is -4.44. The summed E-state index contributed by atoms with van der Waals surface area (Å²) in [5.41, 5.74) is 5.64. The summed E-state index contributed by atoms with van der Waals surface area (Å²) in [6.07, 6.45) is 0.928. The molecule has 152 valence electrons. The summed E-state index contributed by atoms with van der Waals surface area (Å²) < 4.78 is 39.9. The maximum absolute atomic E-state index is 12.8. The van der Waals surface area contributed by atoms with Gasteiger partial charge in [0.15, 0.2) is 11.5 Å². The van der Waals surface area contributed by atoms with Gasteiger partial charge in [-0.25, -0.2) is 15.0 Å². The van der Waals surface area contributed by atoms with Gasteiger partial charge in [-0.2, -0.15) is 13.2 Å². The number of rotatable bonds is 4. The molecular weight excluding hydrogens is 403 g/mol. The monoisotopic (exact) mass is 415 g/mol. The molecule has 0 fully saturated rings. The lowest BCUT2D eigenvalue weighted by molar-refractivity contribution is -0.137. The summed E-state index contributed by atoms with van der Waals surface area (Å²) in [5, 5.41) is 2.42. The van der Waals surface area contributed by atoms with Gasteiger partial charge in [0.2, 0.25) is 0 Å². The van der Waals surface area contributed by atoms with E-state index in [0.717, 1.165) is 12.1 Å². The number of primary amides is 1. The molecule has 0 aliphatic heterocycles. The number of hydrogen-bond acceptors (Lipinski definition) is 5. The Morgan fingerprint density at radius 1 is 1.07 bits per heavy atom. The van der Waals surface area contributed by atoms with Gasteiger partial charge < -0.3 is 16.0 Å². The number of amides is 2. The first kappa shape index (κ1) is 19.1. The molecule has 9 nitrogen and oxygen atoms in total. The van der Waals surface area contributed by atoms with E-state index in [0.29, 0.717) is 16.9 Å². The van der Waals surface area contributed by atoms with Crippen LogP contribution >= 0.6 is 0 Å². The van der Waals surface area contributed by atoms with Crippen LogP contribution in [-0.2, 0) is 6.18 Å². The molecule has 0 saturated heterocycles. The van der Waals surface area contributed by atoms with Gasteiger partial charge in [0.05, 0.1) is 30.0 Å². The standard InChI is InChI=1S/C18H12F3N7O2/c19-18(20,21)10-3-1-9(2-4-10)12-5-24-13-6-23-11(7-28(12)13)17(30)27-16-14(15(22)29)25-8-26-16/h1-8H,(H2,22,29)(H,25,26)(H,27,30). The maximum atomic E-state index is 12.8. The molecule has 4 aromatic rings. The molecule has 2 amide bonds. The lowest BCUT2D eigenvalue weighted by Gasteiger charge is -2.08. The number of hydrogen-bond donors (Lipinski definition) is 3. The van der Waals surface area contributed by atoms with Gasteiger partial charge in [-0.15, -0.1) is 0 Å². The number of halogens is 3. The number of benzene rings is 1. The number of carbonyl (C=O) groups is 2. The minimum absolute atomic E-state index is 0.0351. The van der Waals surface area contributed by atoms with Crippen molar-refractivity contribution in [2.75, 3.05) is 5.32 Å². The Hall–Kier alpha value is -4.22. The number of carbonyl (C=O) groups excluding carboxylic acids is 2. The molecule has 0 bridgehead atoms. The fraction of sp³-hybridized carbons (Fsp3) is 0.0556.